The van der Waals surface area contributed by atoms with Crippen molar-refractivity contribution in [3.05, 3.63) is 39.4 Å². The van der Waals surface area contributed by atoms with E-state index >= 15 is 0 Å². The van der Waals surface area contributed by atoms with Crippen LogP contribution in [0.5, 0.6) is 0 Å². The van der Waals surface area contributed by atoms with Crippen LogP contribution in [0.2, 0.25) is 0 Å². The minimum atomic E-state index is -1.28. The van der Waals surface area contributed by atoms with Gasteiger partial charge in [0.2, 0.25) is 11.7 Å². The molecule has 0 unspecified atom stereocenters. The first-order valence-corrected chi connectivity index (χ1v) is 6.09. The normalized spacial score (nSPS) is 15.3. The van der Waals surface area contributed by atoms with Crippen LogP contribution >= 0.6 is 0 Å². The molecule has 0 aliphatic carbocycles. The fraction of sp³-hybridized carbons (Fsp3) is 0.333. The van der Waals surface area contributed by atoms with E-state index in [1.807, 2.05) is 0 Å². The van der Waals surface area contributed by atoms with Gasteiger partial charge in [-0.1, -0.05) is 0 Å². The van der Waals surface area contributed by atoms with E-state index in [-0.39, 0.29) is 32.0 Å². The predicted molar refractivity (Wildman–Crippen MR) is 66.5 cm³/mol. The van der Waals surface area contributed by atoms with Crippen molar-refractivity contribution in [2.75, 3.05) is 19.6 Å². The number of halogens is 2. The van der Waals surface area contributed by atoms with Crippen molar-refractivity contribution in [3.63, 3.8) is 0 Å². The lowest BCUT2D eigenvalue weighted by atomic mass is 10.1. The highest BCUT2D eigenvalue weighted by atomic mass is 19.1. The Morgan fingerprint density at radius 1 is 1.29 bits per heavy atom. The second kappa shape index (κ2) is 5.81. The van der Waals surface area contributed by atoms with E-state index in [2.05, 4.69) is 5.32 Å². The molecule has 9 heteroatoms. The van der Waals surface area contributed by atoms with Gasteiger partial charge < -0.3 is 10.2 Å². The molecular formula is C12H11F2N3O4. The molecule has 21 heavy (non-hydrogen) atoms. The van der Waals surface area contributed by atoms with Crippen LogP contribution in [-0.2, 0) is 4.79 Å². The zero-order valence-electron chi connectivity index (χ0n) is 10.8. The lowest BCUT2D eigenvalue weighted by molar-refractivity contribution is -0.387. The minimum Gasteiger partial charge on any atom is -0.354 e. The number of nitro groups is 1. The van der Waals surface area contributed by atoms with Crippen molar-refractivity contribution in [3.8, 4) is 0 Å². The molecule has 0 aromatic heterocycles. The van der Waals surface area contributed by atoms with E-state index in [9.17, 15) is 28.5 Å². The number of nitro benzene ring substituents is 1. The van der Waals surface area contributed by atoms with E-state index in [1.165, 1.54) is 4.90 Å². The van der Waals surface area contributed by atoms with Crippen molar-refractivity contribution in [2.45, 2.75) is 6.42 Å². The van der Waals surface area contributed by atoms with Crippen molar-refractivity contribution in [1.82, 2.24) is 10.2 Å². The Morgan fingerprint density at radius 2 is 2.00 bits per heavy atom. The average Bonchev–Trinajstić information content (AvgIpc) is 2.64. The Kier molecular flexibility index (Phi) is 4.10. The van der Waals surface area contributed by atoms with Crippen LogP contribution in [0.25, 0.3) is 0 Å². The lowest BCUT2D eigenvalue weighted by Crippen LogP contribution is -2.34. The van der Waals surface area contributed by atoms with Crippen LogP contribution in [0.15, 0.2) is 12.1 Å². The number of hydrogen-bond acceptors (Lipinski definition) is 4. The summed E-state index contributed by atoms with van der Waals surface area (Å²) in [6.07, 6.45) is 0.0584. The molecule has 2 rings (SSSR count). The number of nitrogens with one attached hydrogen (secondary N) is 1. The quantitative estimate of drug-likeness (QED) is 0.647. The molecule has 0 saturated carbocycles. The molecule has 1 aromatic carbocycles. The van der Waals surface area contributed by atoms with Crippen LogP contribution in [0.1, 0.15) is 16.8 Å². The number of carbonyl (C=O) groups is 2. The number of rotatable bonds is 2. The predicted octanol–water partition coefficient (Wildman–Crippen LogP) is 0.835. The maximum atomic E-state index is 13.8. The summed E-state index contributed by atoms with van der Waals surface area (Å²) in [4.78, 5) is 33.9. The molecule has 0 atom stereocenters. The lowest BCUT2D eigenvalue weighted by Gasteiger charge is -2.19. The molecule has 1 heterocycles. The van der Waals surface area contributed by atoms with Gasteiger partial charge in [0.05, 0.1) is 16.6 Å². The van der Waals surface area contributed by atoms with E-state index in [0.717, 1.165) is 0 Å². The molecule has 0 radical (unpaired) electrons. The Bertz CT molecular complexity index is 621. The molecule has 1 aliphatic rings. The minimum absolute atomic E-state index is 0.0584. The van der Waals surface area contributed by atoms with Crippen molar-refractivity contribution < 1.29 is 23.3 Å². The number of carbonyl (C=O) groups excluding carboxylic acids is 2. The largest absolute Gasteiger partial charge is 0.354 e. The number of benzene rings is 1. The fourth-order valence-electron chi connectivity index (χ4n) is 1.98. The molecule has 0 bridgehead atoms. The van der Waals surface area contributed by atoms with Gasteiger partial charge in [-0.3, -0.25) is 19.7 Å². The van der Waals surface area contributed by atoms with E-state index in [0.29, 0.717) is 12.1 Å². The molecule has 1 saturated heterocycles. The first-order chi connectivity index (χ1) is 9.90. The Morgan fingerprint density at radius 3 is 2.67 bits per heavy atom. The Hall–Kier alpha value is -2.58. The highest BCUT2D eigenvalue weighted by Gasteiger charge is 2.26. The van der Waals surface area contributed by atoms with Crippen LogP contribution in [0.3, 0.4) is 0 Å². The van der Waals surface area contributed by atoms with Gasteiger partial charge in [0.1, 0.15) is 5.82 Å². The van der Waals surface area contributed by atoms with Gasteiger partial charge in [0.15, 0.2) is 0 Å². The Balaban J connectivity index is 2.29. The first-order valence-electron chi connectivity index (χ1n) is 6.09. The Labute approximate surface area is 117 Å². The maximum absolute atomic E-state index is 13.8. The van der Waals surface area contributed by atoms with Crippen LogP contribution < -0.4 is 5.32 Å². The molecule has 1 aliphatic heterocycles. The molecule has 112 valence electrons. The molecular weight excluding hydrogens is 288 g/mol. The third-order valence-electron chi connectivity index (χ3n) is 3.06. The van der Waals surface area contributed by atoms with Crippen LogP contribution in [-0.4, -0.2) is 41.3 Å². The number of amides is 2. The van der Waals surface area contributed by atoms with Gasteiger partial charge in [-0.25, -0.2) is 4.39 Å². The standard InChI is InChI=1S/C12H11F2N3O4/c13-8-6-10(17(20)21)9(14)5-7(8)12(19)16-3-1-11(18)15-2-4-16/h5-6H,1-4H2,(H,15,18). The van der Waals surface area contributed by atoms with E-state index in [1.54, 1.807) is 0 Å². The highest BCUT2D eigenvalue weighted by Crippen LogP contribution is 2.22. The smallest absolute Gasteiger partial charge is 0.307 e. The molecule has 2 amide bonds. The summed E-state index contributed by atoms with van der Waals surface area (Å²) < 4.78 is 27.3. The summed E-state index contributed by atoms with van der Waals surface area (Å²) in [6, 6.07) is 0.889. The molecule has 0 spiro atoms. The molecule has 1 aromatic rings. The van der Waals surface area contributed by atoms with Crippen molar-refractivity contribution >= 4 is 17.5 Å². The summed E-state index contributed by atoms with van der Waals surface area (Å²) in [6.45, 7) is 0.437. The van der Waals surface area contributed by atoms with Crippen LogP contribution in [0, 0.1) is 21.7 Å². The van der Waals surface area contributed by atoms with Gasteiger partial charge >= 0.3 is 5.69 Å². The van der Waals surface area contributed by atoms with Crippen molar-refractivity contribution in [1.29, 1.82) is 0 Å². The van der Waals surface area contributed by atoms with Gasteiger partial charge in [-0.05, 0) is 6.07 Å². The first kappa shape index (κ1) is 14.8. The van der Waals surface area contributed by atoms with Crippen LogP contribution in [0.4, 0.5) is 14.5 Å². The summed E-state index contributed by atoms with van der Waals surface area (Å²) in [5.41, 5.74) is -1.62. The van der Waals surface area contributed by atoms with E-state index < -0.39 is 33.7 Å². The highest BCUT2D eigenvalue weighted by molar-refractivity contribution is 5.95. The fourth-order valence-corrected chi connectivity index (χ4v) is 1.98. The SMILES string of the molecule is O=C1CCN(C(=O)c2cc(F)c([N+](=O)[O-])cc2F)CCN1. The number of nitrogens with zero attached hydrogens (tertiary/aromatic N) is 2. The van der Waals surface area contributed by atoms with Gasteiger partial charge in [0.25, 0.3) is 5.91 Å². The van der Waals surface area contributed by atoms with Crippen molar-refractivity contribution in [2.24, 2.45) is 0 Å². The summed E-state index contributed by atoms with van der Waals surface area (Å²) in [7, 11) is 0. The summed E-state index contributed by atoms with van der Waals surface area (Å²) in [5, 5.41) is 13.0. The summed E-state index contributed by atoms with van der Waals surface area (Å²) >= 11 is 0. The maximum Gasteiger partial charge on any atom is 0.307 e. The zero-order valence-corrected chi connectivity index (χ0v) is 10.8. The second-order valence-electron chi connectivity index (χ2n) is 4.43. The topological polar surface area (TPSA) is 92.5 Å². The average molecular weight is 299 g/mol. The zero-order chi connectivity index (χ0) is 15.6. The van der Waals surface area contributed by atoms with Gasteiger partial charge in [-0.2, -0.15) is 4.39 Å². The second-order valence-corrected chi connectivity index (χ2v) is 4.43. The summed E-state index contributed by atoms with van der Waals surface area (Å²) in [5.74, 6) is -3.50. The van der Waals surface area contributed by atoms with E-state index in [4.69, 9.17) is 0 Å². The monoisotopic (exact) mass is 299 g/mol. The molecule has 1 fully saturated rings. The molecule has 1 N–H and O–H groups in total. The third kappa shape index (κ3) is 3.12. The third-order valence-corrected chi connectivity index (χ3v) is 3.06. The van der Waals surface area contributed by atoms with Gasteiger partial charge in [-0.15, -0.1) is 0 Å². The van der Waals surface area contributed by atoms with Gasteiger partial charge in [0, 0.05) is 26.1 Å². The molecule has 7 nitrogen and oxygen atoms in total. The number of hydrogen-bond donors (Lipinski definition) is 1.